The van der Waals surface area contributed by atoms with Gasteiger partial charge in [0.15, 0.2) is 0 Å². The first-order valence-corrected chi connectivity index (χ1v) is 9.93. The van der Waals surface area contributed by atoms with Crippen LogP contribution in [0, 0.1) is 5.82 Å². The Morgan fingerprint density at radius 1 is 0.968 bits per heavy atom. The van der Waals surface area contributed by atoms with Gasteiger partial charge in [0.1, 0.15) is 18.2 Å². The van der Waals surface area contributed by atoms with Gasteiger partial charge in [-0.15, -0.1) is 0 Å². The van der Waals surface area contributed by atoms with E-state index < -0.39 is 18.0 Å². The molecule has 1 atom stereocenters. The zero-order valence-electron chi connectivity index (χ0n) is 17.0. The number of rotatable bonds is 10. The van der Waals surface area contributed by atoms with Crippen molar-refractivity contribution in [3.63, 3.8) is 0 Å². The highest BCUT2D eigenvalue weighted by Gasteiger charge is 2.13. The lowest BCUT2D eigenvalue weighted by Crippen LogP contribution is -2.32. The molecule has 0 radical (unpaired) electrons. The molecule has 3 aromatic rings. The van der Waals surface area contributed by atoms with Crippen molar-refractivity contribution in [1.82, 2.24) is 5.32 Å². The van der Waals surface area contributed by atoms with Crippen LogP contribution in [0.1, 0.15) is 17.2 Å². The Balaban J connectivity index is 1.39. The Kier molecular flexibility index (Phi) is 8.39. The number of aliphatic hydroxyl groups excluding tert-OH is 1. The maximum atomic E-state index is 13.7. The van der Waals surface area contributed by atoms with Crippen molar-refractivity contribution in [2.45, 2.75) is 12.7 Å². The first-order chi connectivity index (χ1) is 15.1. The molecule has 0 saturated carbocycles. The van der Waals surface area contributed by atoms with Gasteiger partial charge < -0.3 is 25.2 Å². The number of halogens is 1. The highest BCUT2D eigenvalue weighted by molar-refractivity contribution is 5.89. The van der Waals surface area contributed by atoms with Crippen LogP contribution in [0.25, 0.3) is 0 Å². The maximum Gasteiger partial charge on any atom is 0.319 e. The fourth-order valence-electron chi connectivity index (χ4n) is 2.88. The molecule has 0 aromatic heterocycles. The van der Waals surface area contributed by atoms with Gasteiger partial charge in [-0.05, 0) is 35.9 Å². The lowest BCUT2D eigenvalue weighted by molar-refractivity contribution is 0.0889. The SMILES string of the molecule is O=C(NCC(O)c1ccccc1F)Nc1cccc(COCCOc2ccccc2)c1. The topological polar surface area (TPSA) is 79.8 Å². The molecule has 3 rings (SSSR count). The molecule has 3 aromatic carbocycles. The molecule has 3 N–H and O–H groups in total. The number of hydrogen-bond donors (Lipinski definition) is 3. The minimum absolute atomic E-state index is 0.114. The van der Waals surface area contributed by atoms with E-state index in [0.29, 0.717) is 25.5 Å². The monoisotopic (exact) mass is 424 g/mol. The molecule has 0 heterocycles. The zero-order chi connectivity index (χ0) is 21.9. The van der Waals surface area contributed by atoms with Gasteiger partial charge in [0.25, 0.3) is 0 Å². The van der Waals surface area contributed by atoms with Crippen LogP contribution in [0.4, 0.5) is 14.9 Å². The number of anilines is 1. The summed E-state index contributed by atoms with van der Waals surface area (Å²) in [6, 6.07) is 22.2. The standard InChI is InChI=1S/C24H25FN2O4/c25-22-12-5-4-11-21(22)23(28)16-26-24(29)27-19-8-6-7-18(15-19)17-30-13-14-31-20-9-2-1-3-10-20/h1-12,15,23,28H,13-14,16-17H2,(H2,26,27,29). The predicted octanol–water partition coefficient (Wildman–Crippen LogP) is 4.28. The summed E-state index contributed by atoms with van der Waals surface area (Å²) in [4.78, 5) is 12.1. The highest BCUT2D eigenvalue weighted by atomic mass is 19.1. The Bertz CT molecular complexity index is 969. The van der Waals surface area contributed by atoms with Gasteiger partial charge in [0.2, 0.25) is 0 Å². The predicted molar refractivity (Wildman–Crippen MR) is 116 cm³/mol. The van der Waals surface area contributed by atoms with E-state index >= 15 is 0 Å². The summed E-state index contributed by atoms with van der Waals surface area (Å²) in [5.41, 5.74) is 1.61. The summed E-state index contributed by atoms with van der Waals surface area (Å²) < 4.78 is 24.9. The van der Waals surface area contributed by atoms with Crippen LogP contribution in [-0.4, -0.2) is 30.9 Å². The third-order valence-electron chi connectivity index (χ3n) is 4.41. The number of amides is 2. The normalized spacial score (nSPS) is 11.5. The minimum Gasteiger partial charge on any atom is -0.491 e. The van der Waals surface area contributed by atoms with Crippen molar-refractivity contribution in [2.75, 3.05) is 25.1 Å². The Morgan fingerprint density at radius 2 is 1.74 bits per heavy atom. The van der Waals surface area contributed by atoms with Crippen LogP contribution in [0.2, 0.25) is 0 Å². The van der Waals surface area contributed by atoms with E-state index in [1.54, 1.807) is 24.3 Å². The van der Waals surface area contributed by atoms with Crippen molar-refractivity contribution < 1.29 is 23.8 Å². The van der Waals surface area contributed by atoms with Gasteiger partial charge in [-0.25, -0.2) is 9.18 Å². The minimum atomic E-state index is -1.13. The van der Waals surface area contributed by atoms with Crippen LogP contribution in [0.5, 0.6) is 5.75 Å². The molecular formula is C24H25FN2O4. The summed E-state index contributed by atoms with van der Waals surface area (Å²) in [5.74, 6) is 0.280. The quantitative estimate of drug-likeness (QED) is 0.425. The van der Waals surface area contributed by atoms with E-state index in [1.807, 2.05) is 42.5 Å². The molecule has 31 heavy (non-hydrogen) atoms. The van der Waals surface area contributed by atoms with Crippen LogP contribution in [0.3, 0.4) is 0 Å². The van der Waals surface area contributed by atoms with Gasteiger partial charge >= 0.3 is 6.03 Å². The summed E-state index contributed by atoms with van der Waals surface area (Å²) in [6.45, 7) is 1.13. The molecule has 0 fully saturated rings. The number of nitrogens with one attached hydrogen (secondary N) is 2. The van der Waals surface area contributed by atoms with Crippen LogP contribution in [0.15, 0.2) is 78.9 Å². The number of para-hydroxylation sites is 1. The number of aliphatic hydroxyl groups is 1. The molecule has 162 valence electrons. The molecular weight excluding hydrogens is 399 g/mol. The lowest BCUT2D eigenvalue weighted by Gasteiger charge is -2.14. The van der Waals surface area contributed by atoms with E-state index in [0.717, 1.165) is 11.3 Å². The molecule has 0 bridgehead atoms. The van der Waals surface area contributed by atoms with Gasteiger partial charge in [0, 0.05) is 17.8 Å². The lowest BCUT2D eigenvalue weighted by atomic mass is 10.1. The second-order valence-electron chi connectivity index (χ2n) is 6.79. The number of carbonyl (C=O) groups is 1. The molecule has 1 unspecified atom stereocenters. The van der Waals surface area contributed by atoms with E-state index in [4.69, 9.17) is 9.47 Å². The number of ether oxygens (including phenoxy) is 2. The largest absolute Gasteiger partial charge is 0.491 e. The second kappa shape index (κ2) is 11.7. The summed E-state index contributed by atoms with van der Waals surface area (Å²) in [5, 5.41) is 15.3. The molecule has 0 saturated heterocycles. The Morgan fingerprint density at radius 3 is 2.55 bits per heavy atom. The Hall–Kier alpha value is -3.42. The smallest absolute Gasteiger partial charge is 0.319 e. The van der Waals surface area contributed by atoms with E-state index in [-0.39, 0.29) is 12.1 Å². The van der Waals surface area contributed by atoms with Crippen molar-refractivity contribution in [3.05, 3.63) is 95.8 Å². The van der Waals surface area contributed by atoms with Crippen molar-refractivity contribution in [1.29, 1.82) is 0 Å². The molecule has 0 aliphatic rings. The average molecular weight is 424 g/mol. The van der Waals surface area contributed by atoms with Crippen LogP contribution >= 0.6 is 0 Å². The number of hydrogen-bond acceptors (Lipinski definition) is 4. The highest BCUT2D eigenvalue weighted by Crippen LogP contribution is 2.16. The zero-order valence-corrected chi connectivity index (χ0v) is 17.0. The van der Waals surface area contributed by atoms with Crippen molar-refractivity contribution in [3.8, 4) is 5.75 Å². The van der Waals surface area contributed by atoms with Crippen molar-refractivity contribution >= 4 is 11.7 Å². The van der Waals surface area contributed by atoms with E-state index in [1.165, 1.54) is 12.1 Å². The molecule has 0 aliphatic carbocycles. The van der Waals surface area contributed by atoms with Gasteiger partial charge in [-0.2, -0.15) is 0 Å². The van der Waals surface area contributed by atoms with E-state index in [2.05, 4.69) is 10.6 Å². The third kappa shape index (κ3) is 7.40. The maximum absolute atomic E-state index is 13.7. The molecule has 0 aliphatic heterocycles. The fraction of sp³-hybridized carbons (Fsp3) is 0.208. The summed E-state index contributed by atoms with van der Waals surface area (Å²) in [6.07, 6.45) is -1.13. The second-order valence-corrected chi connectivity index (χ2v) is 6.79. The number of benzene rings is 3. The van der Waals surface area contributed by atoms with Gasteiger partial charge in [0.05, 0.1) is 19.3 Å². The molecule has 2 amide bonds. The number of carbonyl (C=O) groups excluding carboxylic acids is 1. The first kappa shape index (κ1) is 22.3. The number of urea groups is 1. The summed E-state index contributed by atoms with van der Waals surface area (Å²) in [7, 11) is 0. The van der Waals surface area contributed by atoms with Crippen molar-refractivity contribution in [2.24, 2.45) is 0 Å². The van der Waals surface area contributed by atoms with Gasteiger partial charge in [-0.1, -0.05) is 48.5 Å². The van der Waals surface area contributed by atoms with Gasteiger partial charge in [-0.3, -0.25) is 0 Å². The van der Waals surface area contributed by atoms with Crippen LogP contribution < -0.4 is 15.4 Å². The average Bonchev–Trinajstić information content (AvgIpc) is 2.78. The third-order valence-corrected chi connectivity index (χ3v) is 4.41. The molecule has 0 spiro atoms. The van der Waals surface area contributed by atoms with Crippen LogP contribution in [-0.2, 0) is 11.3 Å². The molecule has 6 nitrogen and oxygen atoms in total. The fourth-order valence-corrected chi connectivity index (χ4v) is 2.88. The Labute approximate surface area is 180 Å². The van der Waals surface area contributed by atoms with E-state index in [9.17, 15) is 14.3 Å². The first-order valence-electron chi connectivity index (χ1n) is 9.93. The summed E-state index contributed by atoms with van der Waals surface area (Å²) >= 11 is 0. The molecule has 7 heteroatoms.